The maximum atomic E-state index is 2.40. The molecule has 0 heterocycles. The van der Waals surface area contributed by atoms with E-state index in [1.54, 1.807) is 5.30 Å². The summed E-state index contributed by atoms with van der Waals surface area (Å²) in [6.45, 7) is 0. The topological polar surface area (TPSA) is 0 Å². The quantitative estimate of drug-likeness (QED) is 0.359. The first-order chi connectivity index (χ1) is 14.4. The Labute approximate surface area is 179 Å². The van der Waals surface area contributed by atoms with E-state index in [9.17, 15) is 0 Å². The van der Waals surface area contributed by atoms with Crippen molar-refractivity contribution in [2.75, 3.05) is 12.3 Å². The van der Waals surface area contributed by atoms with E-state index in [0.29, 0.717) is 0 Å². The fourth-order valence-electron chi connectivity index (χ4n) is 4.56. The Kier molecular flexibility index (Phi) is 7.92. The van der Waals surface area contributed by atoms with Crippen LogP contribution in [0.1, 0.15) is 38.5 Å². The Hall–Kier alpha value is -1.48. The van der Waals surface area contributed by atoms with Gasteiger partial charge >= 0.3 is 0 Å². The molecule has 1 atom stereocenters. The predicted octanol–water partition coefficient (Wildman–Crippen LogP) is 6.65. The third-order valence-electron chi connectivity index (χ3n) is 6.02. The van der Waals surface area contributed by atoms with Gasteiger partial charge < -0.3 is 0 Å². The van der Waals surface area contributed by atoms with Crippen LogP contribution < -0.4 is 15.9 Å². The second-order valence-electron chi connectivity index (χ2n) is 8.00. The van der Waals surface area contributed by atoms with Gasteiger partial charge in [-0.25, -0.2) is 0 Å². The van der Waals surface area contributed by atoms with Gasteiger partial charge in [0.25, 0.3) is 0 Å². The van der Waals surface area contributed by atoms with Gasteiger partial charge in [0.1, 0.15) is 0 Å². The van der Waals surface area contributed by atoms with Gasteiger partial charge in [-0.05, 0) is 61.1 Å². The first-order valence-electron chi connectivity index (χ1n) is 11.1. The molecule has 4 rings (SSSR count). The van der Waals surface area contributed by atoms with Crippen LogP contribution in [-0.2, 0) is 0 Å². The van der Waals surface area contributed by atoms with Crippen molar-refractivity contribution >= 4 is 31.8 Å². The number of hydrogen-bond acceptors (Lipinski definition) is 0. The van der Waals surface area contributed by atoms with Crippen molar-refractivity contribution in [3.63, 3.8) is 0 Å². The molecule has 3 aromatic rings. The Balaban J connectivity index is 1.48. The van der Waals surface area contributed by atoms with Crippen LogP contribution in [0.4, 0.5) is 0 Å². The summed E-state index contributed by atoms with van der Waals surface area (Å²) in [5, 5.41) is 4.68. The second-order valence-corrected chi connectivity index (χ2v) is 13.0. The third-order valence-corrected chi connectivity index (χ3v) is 11.8. The summed E-state index contributed by atoms with van der Waals surface area (Å²) in [5.74, 6) is 0. The molecule has 1 fully saturated rings. The summed E-state index contributed by atoms with van der Waals surface area (Å²) in [4.78, 5) is 0. The molecule has 3 aromatic carbocycles. The Morgan fingerprint density at radius 1 is 0.552 bits per heavy atom. The molecule has 1 aliphatic carbocycles. The minimum atomic E-state index is -0.258. The van der Waals surface area contributed by atoms with Crippen molar-refractivity contribution in [2.24, 2.45) is 0 Å². The van der Waals surface area contributed by atoms with Crippen molar-refractivity contribution in [1.29, 1.82) is 0 Å². The summed E-state index contributed by atoms with van der Waals surface area (Å²) in [7, 11) is -0.290. The molecule has 0 bridgehead atoms. The largest absolute Gasteiger partial charge is 0.0721 e. The highest BCUT2D eigenvalue weighted by molar-refractivity contribution is 7.73. The van der Waals surface area contributed by atoms with Crippen LogP contribution >= 0.6 is 15.8 Å². The zero-order chi connectivity index (χ0) is 19.7. The van der Waals surface area contributed by atoms with Crippen molar-refractivity contribution in [1.82, 2.24) is 0 Å². The number of benzene rings is 3. The molecule has 150 valence electrons. The monoisotopic (exact) mass is 418 g/mol. The zero-order valence-corrected chi connectivity index (χ0v) is 19.1. The molecule has 0 aromatic heterocycles. The maximum Gasteiger partial charge on any atom is -0.0169 e. The van der Waals surface area contributed by atoms with E-state index in [1.165, 1.54) is 61.5 Å². The van der Waals surface area contributed by atoms with Crippen molar-refractivity contribution in [3.8, 4) is 0 Å². The molecule has 1 saturated carbocycles. The molecule has 1 aliphatic rings. The van der Waals surface area contributed by atoms with Crippen LogP contribution in [0.5, 0.6) is 0 Å². The lowest BCUT2D eigenvalue weighted by Crippen LogP contribution is -2.20. The minimum absolute atomic E-state index is 0.0320. The number of hydrogen-bond donors (Lipinski definition) is 0. The maximum absolute atomic E-state index is 2.40. The van der Waals surface area contributed by atoms with Gasteiger partial charge in [0.2, 0.25) is 0 Å². The Morgan fingerprint density at radius 3 is 1.55 bits per heavy atom. The average molecular weight is 419 g/mol. The highest BCUT2D eigenvalue weighted by Crippen LogP contribution is 2.48. The van der Waals surface area contributed by atoms with E-state index in [1.807, 2.05) is 0 Å². The fourth-order valence-corrected chi connectivity index (χ4v) is 10.2. The summed E-state index contributed by atoms with van der Waals surface area (Å²) in [5.41, 5.74) is 0.945. The van der Waals surface area contributed by atoms with Crippen molar-refractivity contribution < 1.29 is 0 Å². The van der Waals surface area contributed by atoms with Gasteiger partial charge in [-0.15, -0.1) is 0 Å². The first-order valence-corrected chi connectivity index (χ1v) is 14.2. The fraction of sp³-hybridized carbons (Fsp3) is 0.333. The molecule has 1 unspecified atom stereocenters. The molecule has 2 heteroatoms. The minimum Gasteiger partial charge on any atom is -0.0721 e. The molecule has 0 aliphatic heterocycles. The van der Waals surface area contributed by atoms with E-state index in [2.05, 4.69) is 91.0 Å². The highest BCUT2D eigenvalue weighted by atomic mass is 31.1. The normalized spacial score (nSPS) is 16.0. The zero-order valence-electron chi connectivity index (χ0n) is 17.3. The number of rotatable bonds is 8. The third kappa shape index (κ3) is 5.78. The molecule has 0 nitrogen and oxygen atoms in total. The van der Waals surface area contributed by atoms with Crippen LogP contribution in [0.25, 0.3) is 0 Å². The van der Waals surface area contributed by atoms with Gasteiger partial charge in [0.05, 0.1) is 0 Å². The Bertz CT molecular complexity index is 787. The van der Waals surface area contributed by atoms with Gasteiger partial charge in [-0.3, -0.25) is 0 Å². The van der Waals surface area contributed by atoms with Gasteiger partial charge in [0.15, 0.2) is 0 Å². The lowest BCUT2D eigenvalue weighted by Gasteiger charge is -2.32. The molecule has 0 radical (unpaired) electrons. The molecule has 0 saturated heterocycles. The second kappa shape index (κ2) is 11.1. The van der Waals surface area contributed by atoms with Crippen molar-refractivity contribution in [3.05, 3.63) is 91.0 Å². The van der Waals surface area contributed by atoms with E-state index >= 15 is 0 Å². The Morgan fingerprint density at radius 2 is 1.03 bits per heavy atom. The van der Waals surface area contributed by atoms with Crippen LogP contribution in [0.15, 0.2) is 91.0 Å². The first kappa shape index (κ1) is 20.8. The standard InChI is InChI=1S/C27H32P2/c1-5-14-24(15-6-1)28(25-16-7-2-8-17-25)22-13-23-29(26-18-9-3-10-19-26)27-20-11-4-12-21-27/h1-3,5-10,14-19,27H,4,11-13,20-23H2. The van der Waals surface area contributed by atoms with E-state index in [-0.39, 0.29) is 15.8 Å². The summed E-state index contributed by atoms with van der Waals surface area (Å²) in [6, 6.07) is 33.9. The predicted molar refractivity (Wildman–Crippen MR) is 133 cm³/mol. The summed E-state index contributed by atoms with van der Waals surface area (Å²) < 4.78 is 0. The van der Waals surface area contributed by atoms with E-state index in [4.69, 9.17) is 0 Å². The average Bonchev–Trinajstić information content (AvgIpc) is 2.81. The van der Waals surface area contributed by atoms with Gasteiger partial charge in [-0.1, -0.05) is 118 Å². The molecule has 0 spiro atoms. The SMILES string of the molecule is c1ccc(P(CCCP(c2ccccc2)C2CCCCC2)c2ccccc2)cc1. The van der Waals surface area contributed by atoms with Crippen LogP contribution in [0, 0.1) is 0 Å². The molecule has 29 heavy (non-hydrogen) atoms. The summed E-state index contributed by atoms with van der Waals surface area (Å²) >= 11 is 0. The van der Waals surface area contributed by atoms with E-state index in [0.717, 1.165) is 5.66 Å². The smallest absolute Gasteiger partial charge is 0.0169 e. The van der Waals surface area contributed by atoms with Crippen LogP contribution in [0.3, 0.4) is 0 Å². The lowest BCUT2D eigenvalue weighted by atomic mass is 10.0. The van der Waals surface area contributed by atoms with Gasteiger partial charge in [-0.2, -0.15) is 0 Å². The molecular formula is C27H32P2. The molecule has 0 amide bonds. The van der Waals surface area contributed by atoms with Crippen LogP contribution in [-0.4, -0.2) is 18.0 Å². The summed E-state index contributed by atoms with van der Waals surface area (Å²) in [6.07, 6.45) is 11.3. The van der Waals surface area contributed by atoms with Crippen molar-refractivity contribution in [2.45, 2.75) is 44.2 Å². The van der Waals surface area contributed by atoms with Crippen LogP contribution in [0.2, 0.25) is 0 Å². The lowest BCUT2D eigenvalue weighted by molar-refractivity contribution is 0.511. The molecule has 0 N–H and O–H groups in total. The van der Waals surface area contributed by atoms with Gasteiger partial charge in [0, 0.05) is 0 Å². The molecular weight excluding hydrogens is 386 g/mol. The van der Waals surface area contributed by atoms with E-state index < -0.39 is 0 Å². The highest BCUT2D eigenvalue weighted by Gasteiger charge is 2.25.